The van der Waals surface area contributed by atoms with Gasteiger partial charge in [-0.1, -0.05) is 12.1 Å². The number of piperidine rings is 1. The molecule has 118 valence electrons. The Morgan fingerprint density at radius 2 is 2.00 bits per heavy atom. The molecule has 2 aliphatic rings. The van der Waals surface area contributed by atoms with E-state index in [0.29, 0.717) is 19.4 Å². The largest absolute Gasteiger partial charge is 0.480 e. The first-order valence-corrected chi connectivity index (χ1v) is 7.48. The van der Waals surface area contributed by atoms with Crippen molar-refractivity contribution in [3.05, 3.63) is 35.4 Å². The quantitative estimate of drug-likeness (QED) is 0.933. The molecule has 1 amide bonds. The van der Waals surface area contributed by atoms with Gasteiger partial charge < -0.3 is 10.0 Å². The Morgan fingerprint density at radius 3 is 2.73 bits per heavy atom. The molecule has 1 aromatic carbocycles. The second-order valence-corrected chi connectivity index (χ2v) is 5.97. The zero-order valence-electron chi connectivity index (χ0n) is 12.0. The molecule has 1 aliphatic carbocycles. The maximum atomic E-state index is 13.8. The van der Waals surface area contributed by atoms with Gasteiger partial charge in [-0.05, 0) is 43.2 Å². The molecular formula is C16H17F2NO3. The lowest BCUT2D eigenvalue weighted by atomic mass is 10.0. The van der Waals surface area contributed by atoms with Gasteiger partial charge in [0.2, 0.25) is 5.91 Å². The Labute approximate surface area is 126 Å². The molecule has 4 nitrogen and oxygen atoms in total. The highest BCUT2D eigenvalue weighted by atomic mass is 19.2. The number of carboxylic acids is 1. The Balaban J connectivity index is 1.74. The number of benzene rings is 1. The molecular weight excluding hydrogens is 292 g/mol. The average molecular weight is 309 g/mol. The van der Waals surface area contributed by atoms with Gasteiger partial charge in [0, 0.05) is 12.5 Å². The number of rotatable bonds is 3. The van der Waals surface area contributed by atoms with Crippen LogP contribution in [0, 0.1) is 17.6 Å². The van der Waals surface area contributed by atoms with Crippen LogP contribution in [0.2, 0.25) is 0 Å². The lowest BCUT2D eigenvalue weighted by Gasteiger charge is -2.33. The fourth-order valence-corrected chi connectivity index (χ4v) is 3.28. The molecule has 1 saturated heterocycles. The lowest BCUT2D eigenvalue weighted by molar-refractivity contribution is -0.152. The fraction of sp³-hybridized carbons (Fsp3) is 0.500. The third-order valence-corrected chi connectivity index (χ3v) is 4.56. The molecule has 22 heavy (non-hydrogen) atoms. The van der Waals surface area contributed by atoms with Crippen LogP contribution in [0.5, 0.6) is 0 Å². The molecule has 3 atom stereocenters. The number of halogens is 2. The van der Waals surface area contributed by atoms with Gasteiger partial charge in [-0.25, -0.2) is 13.6 Å². The van der Waals surface area contributed by atoms with Crippen LogP contribution in [0.4, 0.5) is 8.78 Å². The van der Waals surface area contributed by atoms with Crippen molar-refractivity contribution in [2.75, 3.05) is 6.54 Å². The normalized spacial score (nSPS) is 27.5. The second kappa shape index (κ2) is 5.66. The monoisotopic (exact) mass is 309 g/mol. The number of hydrogen-bond donors (Lipinski definition) is 1. The van der Waals surface area contributed by atoms with E-state index in [2.05, 4.69) is 0 Å². The van der Waals surface area contributed by atoms with E-state index in [-0.39, 0.29) is 17.4 Å². The summed E-state index contributed by atoms with van der Waals surface area (Å²) in [5.74, 6) is -3.85. The maximum absolute atomic E-state index is 13.8. The van der Waals surface area contributed by atoms with Crippen LogP contribution < -0.4 is 0 Å². The number of carboxylic acid groups (broad SMARTS) is 1. The van der Waals surface area contributed by atoms with Crippen molar-refractivity contribution in [3.63, 3.8) is 0 Å². The zero-order valence-corrected chi connectivity index (χ0v) is 12.0. The summed E-state index contributed by atoms with van der Waals surface area (Å²) in [5.41, 5.74) is 0.210. The van der Waals surface area contributed by atoms with E-state index in [4.69, 9.17) is 0 Å². The van der Waals surface area contributed by atoms with E-state index in [1.165, 1.54) is 17.0 Å². The van der Waals surface area contributed by atoms with Gasteiger partial charge in [0.15, 0.2) is 11.6 Å². The highest BCUT2D eigenvalue weighted by Crippen LogP contribution is 2.50. The van der Waals surface area contributed by atoms with Crippen molar-refractivity contribution in [3.8, 4) is 0 Å². The van der Waals surface area contributed by atoms with Gasteiger partial charge in [0.25, 0.3) is 0 Å². The van der Waals surface area contributed by atoms with Gasteiger partial charge in [-0.15, -0.1) is 0 Å². The van der Waals surface area contributed by atoms with Crippen LogP contribution in [-0.2, 0) is 9.59 Å². The summed E-state index contributed by atoms with van der Waals surface area (Å²) in [4.78, 5) is 25.2. The van der Waals surface area contributed by atoms with Gasteiger partial charge in [0.05, 0.1) is 0 Å². The zero-order chi connectivity index (χ0) is 15.9. The molecule has 0 aromatic heterocycles. The molecule has 1 aromatic rings. The molecule has 1 N–H and O–H groups in total. The lowest BCUT2D eigenvalue weighted by Crippen LogP contribution is -2.48. The van der Waals surface area contributed by atoms with Crippen LogP contribution >= 0.6 is 0 Å². The molecule has 0 spiro atoms. The molecule has 6 heteroatoms. The van der Waals surface area contributed by atoms with Crippen molar-refractivity contribution in [1.29, 1.82) is 0 Å². The number of aliphatic carboxylic acids is 1. The Morgan fingerprint density at radius 1 is 1.23 bits per heavy atom. The van der Waals surface area contributed by atoms with Crippen LogP contribution in [0.1, 0.15) is 37.2 Å². The van der Waals surface area contributed by atoms with Crippen molar-refractivity contribution in [1.82, 2.24) is 4.90 Å². The van der Waals surface area contributed by atoms with Gasteiger partial charge in [-0.2, -0.15) is 0 Å². The predicted octanol–water partition coefficient (Wildman–Crippen LogP) is 2.53. The van der Waals surface area contributed by atoms with Crippen LogP contribution in [0.3, 0.4) is 0 Å². The Hall–Kier alpha value is -1.98. The number of carbonyl (C=O) groups excluding carboxylic acids is 1. The van der Waals surface area contributed by atoms with E-state index in [9.17, 15) is 23.5 Å². The van der Waals surface area contributed by atoms with Crippen LogP contribution in [0.25, 0.3) is 0 Å². The Kier molecular flexibility index (Phi) is 3.85. The first-order chi connectivity index (χ1) is 10.5. The minimum Gasteiger partial charge on any atom is -0.480 e. The maximum Gasteiger partial charge on any atom is 0.326 e. The number of amides is 1. The molecule has 3 rings (SSSR count). The molecule has 2 fully saturated rings. The van der Waals surface area contributed by atoms with Crippen molar-refractivity contribution >= 4 is 11.9 Å². The standard InChI is InChI=1S/C16H17F2NO3/c17-12-5-3-4-9(14(12)18)10-8-11(10)15(20)19-7-2-1-6-13(19)16(21)22/h3-5,10-11,13H,1-2,6-8H2,(H,21,22)/t10-,11-,13-/m0/s1. The van der Waals surface area contributed by atoms with E-state index < -0.39 is 29.6 Å². The third-order valence-electron chi connectivity index (χ3n) is 4.56. The van der Waals surface area contributed by atoms with E-state index >= 15 is 0 Å². The summed E-state index contributed by atoms with van der Waals surface area (Å²) in [5, 5.41) is 9.22. The van der Waals surface area contributed by atoms with E-state index in [1.54, 1.807) is 0 Å². The van der Waals surface area contributed by atoms with Crippen molar-refractivity contribution in [2.24, 2.45) is 5.92 Å². The molecule has 1 saturated carbocycles. The summed E-state index contributed by atoms with van der Waals surface area (Å²) in [6.45, 7) is 0.421. The minimum atomic E-state index is -0.998. The van der Waals surface area contributed by atoms with Gasteiger partial charge in [-0.3, -0.25) is 4.79 Å². The number of carbonyl (C=O) groups is 2. The smallest absolute Gasteiger partial charge is 0.326 e. The fourth-order valence-electron chi connectivity index (χ4n) is 3.28. The number of hydrogen-bond acceptors (Lipinski definition) is 2. The molecule has 1 aliphatic heterocycles. The first kappa shape index (κ1) is 14.9. The van der Waals surface area contributed by atoms with Gasteiger partial charge in [0.1, 0.15) is 6.04 Å². The number of nitrogens with zero attached hydrogens (tertiary/aromatic N) is 1. The molecule has 1 heterocycles. The SMILES string of the molecule is O=C(O)[C@@H]1CCCCN1C(=O)[C@H]1C[C@H]1c1cccc(F)c1F. The summed E-state index contributed by atoms with van der Waals surface area (Å²) < 4.78 is 27.1. The first-order valence-electron chi connectivity index (χ1n) is 7.48. The Bertz CT molecular complexity index is 619. The molecule has 0 radical (unpaired) electrons. The summed E-state index contributed by atoms with van der Waals surface area (Å²) in [6.07, 6.45) is 2.46. The van der Waals surface area contributed by atoms with E-state index in [0.717, 1.165) is 18.9 Å². The van der Waals surface area contributed by atoms with Crippen molar-refractivity contribution < 1.29 is 23.5 Å². The summed E-state index contributed by atoms with van der Waals surface area (Å²) >= 11 is 0. The summed E-state index contributed by atoms with van der Waals surface area (Å²) in [7, 11) is 0. The topological polar surface area (TPSA) is 57.6 Å². The van der Waals surface area contributed by atoms with Gasteiger partial charge >= 0.3 is 5.97 Å². The highest BCUT2D eigenvalue weighted by molar-refractivity contribution is 5.87. The summed E-state index contributed by atoms with van der Waals surface area (Å²) in [6, 6.07) is 3.17. The highest BCUT2D eigenvalue weighted by Gasteiger charge is 2.49. The minimum absolute atomic E-state index is 0.210. The van der Waals surface area contributed by atoms with E-state index in [1.807, 2.05) is 0 Å². The second-order valence-electron chi connectivity index (χ2n) is 5.97. The predicted molar refractivity (Wildman–Crippen MR) is 74.2 cm³/mol. The average Bonchev–Trinajstić information content (AvgIpc) is 3.29. The third kappa shape index (κ3) is 2.58. The number of likely N-dealkylation sites (tertiary alicyclic amines) is 1. The van der Waals surface area contributed by atoms with Crippen molar-refractivity contribution in [2.45, 2.75) is 37.6 Å². The van der Waals surface area contributed by atoms with Crippen LogP contribution in [0.15, 0.2) is 18.2 Å². The molecule has 0 bridgehead atoms. The van der Waals surface area contributed by atoms with Crippen LogP contribution in [-0.4, -0.2) is 34.5 Å². The molecule has 0 unspecified atom stereocenters.